The fourth-order valence-corrected chi connectivity index (χ4v) is 3.95. The zero-order chi connectivity index (χ0) is 18.0. The molecule has 0 aromatic heterocycles. The molecule has 0 bridgehead atoms. The zero-order valence-corrected chi connectivity index (χ0v) is 14.8. The van der Waals surface area contributed by atoms with E-state index in [1.54, 1.807) is 11.0 Å². The van der Waals surface area contributed by atoms with Gasteiger partial charge in [-0.2, -0.15) is 0 Å². The number of rotatable bonds is 4. The number of benzene rings is 2. The van der Waals surface area contributed by atoms with Crippen LogP contribution < -0.4 is 4.72 Å². The van der Waals surface area contributed by atoms with Crippen molar-refractivity contribution in [2.24, 2.45) is 0 Å². The summed E-state index contributed by atoms with van der Waals surface area (Å²) >= 11 is 6.07. The fourth-order valence-electron chi connectivity index (χ4n) is 2.66. The molecule has 1 amide bonds. The third kappa shape index (κ3) is 3.93. The fraction of sp³-hybridized carbons (Fsp3) is 0.235. The molecule has 1 heterocycles. The van der Waals surface area contributed by atoms with E-state index in [4.69, 9.17) is 11.6 Å². The van der Waals surface area contributed by atoms with Gasteiger partial charge in [0.25, 0.3) is 15.9 Å². The molecule has 8 heteroatoms. The Morgan fingerprint density at radius 3 is 2.36 bits per heavy atom. The lowest BCUT2D eigenvalue weighted by atomic mass is 10.2. The van der Waals surface area contributed by atoms with Crippen LogP contribution in [0.15, 0.2) is 47.4 Å². The van der Waals surface area contributed by atoms with Crippen LogP contribution >= 0.6 is 11.6 Å². The van der Waals surface area contributed by atoms with Crippen LogP contribution in [0.1, 0.15) is 23.2 Å². The van der Waals surface area contributed by atoms with Crippen LogP contribution in [-0.2, 0) is 10.0 Å². The summed E-state index contributed by atoms with van der Waals surface area (Å²) in [5.74, 6) is -0.688. The molecule has 0 atom stereocenters. The summed E-state index contributed by atoms with van der Waals surface area (Å²) in [4.78, 5) is 14.1. The molecule has 1 fully saturated rings. The number of nitrogens with zero attached hydrogens (tertiary/aromatic N) is 1. The molecule has 2 aromatic carbocycles. The normalized spacial score (nSPS) is 14.6. The van der Waals surface area contributed by atoms with Gasteiger partial charge in [0.15, 0.2) is 0 Å². The minimum absolute atomic E-state index is 0.0961. The number of hydrogen-bond donors (Lipinski definition) is 1. The minimum atomic E-state index is -3.94. The molecule has 25 heavy (non-hydrogen) atoms. The Labute approximate surface area is 150 Å². The molecule has 1 N–H and O–H groups in total. The van der Waals surface area contributed by atoms with Crippen molar-refractivity contribution in [1.82, 2.24) is 4.90 Å². The number of carbonyl (C=O) groups is 1. The Bertz CT molecular complexity index is 895. The number of halogens is 2. The summed E-state index contributed by atoms with van der Waals surface area (Å²) in [6.45, 7) is 1.39. The van der Waals surface area contributed by atoms with Gasteiger partial charge in [0.05, 0.1) is 15.6 Å². The molecule has 0 spiro atoms. The Balaban J connectivity index is 1.87. The van der Waals surface area contributed by atoms with E-state index in [9.17, 15) is 17.6 Å². The Morgan fingerprint density at radius 1 is 1.08 bits per heavy atom. The highest BCUT2D eigenvalue weighted by Crippen LogP contribution is 2.27. The van der Waals surface area contributed by atoms with Crippen molar-refractivity contribution in [3.63, 3.8) is 0 Å². The lowest BCUT2D eigenvalue weighted by Crippen LogP contribution is -2.27. The maximum atomic E-state index is 13.0. The third-order valence-corrected chi connectivity index (χ3v) is 5.69. The van der Waals surface area contributed by atoms with Crippen molar-refractivity contribution in [3.05, 3.63) is 58.9 Å². The molecule has 132 valence electrons. The first-order valence-corrected chi connectivity index (χ1v) is 9.60. The number of amides is 1. The highest BCUT2D eigenvalue weighted by Gasteiger charge is 2.21. The first-order chi connectivity index (χ1) is 11.9. The summed E-state index contributed by atoms with van der Waals surface area (Å²) in [6.07, 6.45) is 1.92. The standard InChI is InChI=1S/C17H16ClFN2O3S/c18-15-8-3-12(17(22)21-9-1-2-10-21)11-16(15)20-25(23,24)14-6-4-13(19)5-7-14/h3-8,11,20H,1-2,9-10H2. The summed E-state index contributed by atoms with van der Waals surface area (Å²) in [6, 6.07) is 8.90. The van der Waals surface area contributed by atoms with E-state index in [1.807, 2.05) is 0 Å². The topological polar surface area (TPSA) is 66.5 Å². The van der Waals surface area contributed by atoms with Crippen molar-refractivity contribution in [2.45, 2.75) is 17.7 Å². The van der Waals surface area contributed by atoms with Crippen molar-refractivity contribution in [1.29, 1.82) is 0 Å². The van der Waals surface area contributed by atoms with Crippen LogP contribution in [0.2, 0.25) is 5.02 Å². The van der Waals surface area contributed by atoms with Crippen molar-refractivity contribution >= 4 is 33.2 Å². The second-order valence-corrected chi connectivity index (χ2v) is 7.84. The van der Waals surface area contributed by atoms with E-state index in [1.165, 1.54) is 12.1 Å². The molecule has 1 aliphatic heterocycles. The van der Waals surface area contributed by atoms with E-state index in [0.717, 1.165) is 37.1 Å². The number of carbonyl (C=O) groups excluding carboxylic acids is 1. The molecule has 0 saturated carbocycles. The third-order valence-electron chi connectivity index (χ3n) is 3.97. The lowest BCUT2D eigenvalue weighted by molar-refractivity contribution is 0.0793. The van der Waals surface area contributed by atoms with Crippen LogP contribution in [0.4, 0.5) is 10.1 Å². The van der Waals surface area contributed by atoms with Gasteiger partial charge in [-0.15, -0.1) is 0 Å². The van der Waals surface area contributed by atoms with Crippen LogP contribution in [0.5, 0.6) is 0 Å². The van der Waals surface area contributed by atoms with Crippen LogP contribution in [0, 0.1) is 5.82 Å². The highest BCUT2D eigenvalue weighted by atomic mass is 35.5. The molecule has 0 unspecified atom stereocenters. The van der Waals surface area contributed by atoms with Crippen molar-refractivity contribution < 1.29 is 17.6 Å². The number of hydrogen-bond acceptors (Lipinski definition) is 3. The first kappa shape index (κ1) is 17.7. The quantitative estimate of drug-likeness (QED) is 0.879. The number of anilines is 1. The van der Waals surface area contributed by atoms with Crippen LogP contribution in [0.3, 0.4) is 0 Å². The van der Waals surface area contributed by atoms with Gasteiger partial charge in [-0.1, -0.05) is 11.6 Å². The molecular formula is C17H16ClFN2O3S. The summed E-state index contributed by atoms with van der Waals surface area (Å²) in [5.41, 5.74) is 0.471. The van der Waals surface area contributed by atoms with Crippen molar-refractivity contribution in [2.75, 3.05) is 17.8 Å². The number of nitrogens with one attached hydrogen (secondary N) is 1. The largest absolute Gasteiger partial charge is 0.339 e. The van der Waals surface area contributed by atoms with Gasteiger partial charge in [0.1, 0.15) is 5.82 Å². The average molecular weight is 383 g/mol. The smallest absolute Gasteiger partial charge is 0.261 e. The SMILES string of the molecule is O=C(c1ccc(Cl)c(NS(=O)(=O)c2ccc(F)cc2)c1)N1CCCC1. The molecular weight excluding hydrogens is 367 g/mol. The number of likely N-dealkylation sites (tertiary alicyclic amines) is 1. The van der Waals surface area contributed by atoms with Gasteiger partial charge in [-0.25, -0.2) is 12.8 Å². The minimum Gasteiger partial charge on any atom is -0.339 e. The molecule has 5 nitrogen and oxygen atoms in total. The van der Waals surface area contributed by atoms with Gasteiger partial charge >= 0.3 is 0 Å². The molecule has 1 aliphatic rings. The maximum absolute atomic E-state index is 13.0. The molecule has 1 saturated heterocycles. The average Bonchev–Trinajstić information content (AvgIpc) is 3.11. The Hall–Kier alpha value is -2.12. The summed E-state index contributed by atoms with van der Waals surface area (Å²) in [5, 5.41) is 0.170. The highest BCUT2D eigenvalue weighted by molar-refractivity contribution is 7.92. The predicted molar refractivity (Wildman–Crippen MR) is 93.8 cm³/mol. The second-order valence-electron chi connectivity index (χ2n) is 5.75. The van der Waals surface area contributed by atoms with Gasteiger partial charge in [-0.3, -0.25) is 9.52 Å². The summed E-state index contributed by atoms with van der Waals surface area (Å²) in [7, 11) is -3.94. The van der Waals surface area contributed by atoms with Gasteiger partial charge < -0.3 is 4.90 Å². The zero-order valence-electron chi connectivity index (χ0n) is 13.2. The van der Waals surface area contributed by atoms with Gasteiger partial charge in [0, 0.05) is 18.7 Å². The molecule has 0 aliphatic carbocycles. The Morgan fingerprint density at radius 2 is 1.72 bits per heavy atom. The number of sulfonamides is 1. The van der Waals surface area contributed by atoms with E-state index in [0.29, 0.717) is 18.7 Å². The molecule has 0 radical (unpaired) electrons. The second kappa shape index (κ2) is 7.01. The Kier molecular flexibility index (Phi) is 4.96. The van der Waals surface area contributed by atoms with Crippen LogP contribution in [-0.4, -0.2) is 32.3 Å². The van der Waals surface area contributed by atoms with E-state index >= 15 is 0 Å². The van der Waals surface area contributed by atoms with E-state index < -0.39 is 15.8 Å². The lowest BCUT2D eigenvalue weighted by Gasteiger charge is -2.16. The predicted octanol–water partition coefficient (Wildman–Crippen LogP) is 3.52. The summed E-state index contributed by atoms with van der Waals surface area (Å²) < 4.78 is 40.2. The van der Waals surface area contributed by atoms with Crippen LogP contribution in [0.25, 0.3) is 0 Å². The van der Waals surface area contributed by atoms with Gasteiger partial charge in [-0.05, 0) is 55.3 Å². The maximum Gasteiger partial charge on any atom is 0.261 e. The van der Waals surface area contributed by atoms with E-state index in [-0.39, 0.29) is 21.5 Å². The molecule has 3 rings (SSSR count). The van der Waals surface area contributed by atoms with Gasteiger partial charge in [0.2, 0.25) is 0 Å². The van der Waals surface area contributed by atoms with E-state index in [2.05, 4.69) is 4.72 Å². The van der Waals surface area contributed by atoms with Crippen molar-refractivity contribution in [3.8, 4) is 0 Å². The first-order valence-electron chi connectivity index (χ1n) is 7.74. The molecule has 2 aromatic rings. The monoisotopic (exact) mass is 382 g/mol.